The second-order valence-corrected chi connectivity index (χ2v) is 3.94. The Morgan fingerprint density at radius 1 is 1.18 bits per heavy atom. The average Bonchev–Trinajstić information content (AvgIpc) is 2.95. The number of nitrogens with zero attached hydrogens (tertiary/aromatic N) is 1. The van der Waals surface area contributed by atoms with Gasteiger partial charge in [0.25, 0.3) is 0 Å². The third-order valence-corrected chi connectivity index (χ3v) is 2.68. The van der Waals surface area contributed by atoms with Crippen LogP contribution in [0.25, 0.3) is 23.2 Å². The Hall–Kier alpha value is -2.29. The van der Waals surface area contributed by atoms with Gasteiger partial charge >= 0.3 is 0 Å². The van der Waals surface area contributed by atoms with E-state index in [0.29, 0.717) is 0 Å². The Bertz CT molecular complexity index is 663. The number of para-hydroxylation sites is 1. The minimum Gasteiger partial charge on any atom is -0.465 e. The lowest BCUT2D eigenvalue weighted by atomic mass is 10.2. The summed E-state index contributed by atoms with van der Waals surface area (Å²) < 4.78 is 5.22. The predicted molar refractivity (Wildman–Crippen MR) is 68.5 cm³/mol. The summed E-state index contributed by atoms with van der Waals surface area (Å²) in [6.07, 6.45) is 5.47. The van der Waals surface area contributed by atoms with Gasteiger partial charge in [-0.25, -0.2) is 4.98 Å². The first kappa shape index (κ1) is 9.90. The number of aromatic amines is 1. The number of rotatable bonds is 2. The maximum atomic E-state index is 5.22. The van der Waals surface area contributed by atoms with Crippen molar-refractivity contribution in [1.29, 1.82) is 0 Å². The van der Waals surface area contributed by atoms with E-state index in [2.05, 4.69) is 23.0 Å². The molecule has 1 aromatic carbocycles. The Morgan fingerprint density at radius 2 is 2.12 bits per heavy atom. The highest BCUT2D eigenvalue weighted by atomic mass is 16.3. The van der Waals surface area contributed by atoms with Crippen molar-refractivity contribution in [1.82, 2.24) is 9.97 Å². The fourth-order valence-electron chi connectivity index (χ4n) is 1.82. The van der Waals surface area contributed by atoms with Gasteiger partial charge in [-0.15, -0.1) is 0 Å². The fourth-order valence-corrected chi connectivity index (χ4v) is 1.82. The van der Waals surface area contributed by atoms with Crippen molar-refractivity contribution in [3.63, 3.8) is 0 Å². The Balaban J connectivity index is 1.99. The molecule has 17 heavy (non-hydrogen) atoms. The quantitative estimate of drug-likeness (QED) is 0.722. The molecule has 3 aromatic rings. The molecule has 84 valence electrons. The number of hydrogen-bond donors (Lipinski definition) is 1. The van der Waals surface area contributed by atoms with E-state index in [1.54, 1.807) is 6.26 Å². The molecule has 3 rings (SSSR count). The summed E-state index contributed by atoms with van der Waals surface area (Å²) in [4.78, 5) is 7.79. The number of H-pyrrole nitrogens is 1. The van der Waals surface area contributed by atoms with E-state index >= 15 is 0 Å². The number of imidazole rings is 1. The number of fused-ring (bicyclic) bond motifs is 1. The molecule has 0 saturated heterocycles. The molecule has 0 aliphatic heterocycles. The van der Waals surface area contributed by atoms with Gasteiger partial charge in [-0.2, -0.15) is 0 Å². The van der Waals surface area contributed by atoms with Crippen molar-refractivity contribution in [3.05, 3.63) is 53.7 Å². The average molecular weight is 224 g/mol. The Labute approximate surface area is 98.8 Å². The van der Waals surface area contributed by atoms with E-state index in [1.165, 1.54) is 5.56 Å². The molecule has 2 heterocycles. The van der Waals surface area contributed by atoms with Crippen molar-refractivity contribution in [3.8, 4) is 0 Å². The van der Waals surface area contributed by atoms with E-state index in [4.69, 9.17) is 4.42 Å². The van der Waals surface area contributed by atoms with Crippen LogP contribution in [0.1, 0.15) is 17.1 Å². The van der Waals surface area contributed by atoms with E-state index in [-0.39, 0.29) is 0 Å². The van der Waals surface area contributed by atoms with Crippen LogP contribution in [0.4, 0.5) is 0 Å². The third kappa shape index (κ3) is 1.87. The summed E-state index contributed by atoms with van der Waals surface area (Å²) in [6, 6.07) is 9.88. The molecule has 1 N–H and O–H groups in total. The number of nitrogens with one attached hydrogen (secondary N) is 1. The minimum absolute atomic E-state index is 0.821. The fraction of sp³-hybridized carbons (Fsp3) is 0.0714. The van der Waals surface area contributed by atoms with E-state index in [0.717, 1.165) is 22.6 Å². The van der Waals surface area contributed by atoms with Crippen LogP contribution >= 0.6 is 0 Å². The van der Waals surface area contributed by atoms with Gasteiger partial charge < -0.3 is 9.40 Å². The molecule has 0 radical (unpaired) electrons. The number of aromatic nitrogens is 2. The van der Waals surface area contributed by atoms with Gasteiger partial charge in [0.05, 0.1) is 17.3 Å². The summed E-state index contributed by atoms with van der Waals surface area (Å²) in [7, 11) is 0. The van der Waals surface area contributed by atoms with Crippen LogP contribution in [0.5, 0.6) is 0 Å². The molecule has 3 nitrogen and oxygen atoms in total. The first-order valence-corrected chi connectivity index (χ1v) is 5.50. The molecule has 0 aliphatic carbocycles. The molecular formula is C14H12N2O. The van der Waals surface area contributed by atoms with E-state index < -0.39 is 0 Å². The second-order valence-electron chi connectivity index (χ2n) is 3.94. The minimum atomic E-state index is 0.821. The van der Waals surface area contributed by atoms with Crippen LogP contribution in [-0.2, 0) is 0 Å². The third-order valence-electron chi connectivity index (χ3n) is 2.68. The highest BCUT2D eigenvalue weighted by molar-refractivity contribution is 5.81. The molecular weight excluding hydrogens is 212 g/mol. The van der Waals surface area contributed by atoms with Gasteiger partial charge in [-0.05, 0) is 42.8 Å². The van der Waals surface area contributed by atoms with Gasteiger partial charge in [0.1, 0.15) is 11.6 Å². The van der Waals surface area contributed by atoms with E-state index in [1.807, 2.05) is 36.4 Å². The van der Waals surface area contributed by atoms with Crippen LogP contribution in [0.15, 0.2) is 41.0 Å². The highest BCUT2D eigenvalue weighted by Gasteiger charge is 2.01. The zero-order valence-corrected chi connectivity index (χ0v) is 9.47. The topological polar surface area (TPSA) is 41.8 Å². The molecule has 0 bridgehead atoms. The number of hydrogen-bond acceptors (Lipinski definition) is 2. The standard InChI is InChI=1S/C14H12N2O/c1-10-4-2-6-12-14(10)16-13(15-12)8-7-11-5-3-9-17-11/h2-9H,1H3,(H,15,16)/b8-7+. The molecule has 0 spiro atoms. The zero-order chi connectivity index (χ0) is 11.7. The maximum absolute atomic E-state index is 5.22. The summed E-state index contributed by atoms with van der Waals surface area (Å²) in [5, 5.41) is 0. The molecule has 0 amide bonds. The van der Waals surface area contributed by atoms with Gasteiger partial charge in [-0.3, -0.25) is 0 Å². The van der Waals surface area contributed by atoms with Gasteiger partial charge in [0.15, 0.2) is 0 Å². The molecule has 0 aliphatic rings. The lowest BCUT2D eigenvalue weighted by Gasteiger charge is -1.90. The first-order valence-electron chi connectivity index (χ1n) is 5.50. The monoisotopic (exact) mass is 224 g/mol. The van der Waals surface area contributed by atoms with E-state index in [9.17, 15) is 0 Å². The van der Waals surface area contributed by atoms with Crippen molar-refractivity contribution in [2.45, 2.75) is 6.92 Å². The number of furan rings is 1. The normalized spacial score (nSPS) is 11.6. The van der Waals surface area contributed by atoms with Crippen molar-refractivity contribution >= 4 is 23.2 Å². The van der Waals surface area contributed by atoms with Crippen LogP contribution in [0.3, 0.4) is 0 Å². The first-order chi connectivity index (χ1) is 8.33. The summed E-state index contributed by atoms with van der Waals surface area (Å²) >= 11 is 0. The predicted octanol–water partition coefficient (Wildman–Crippen LogP) is 3.63. The Morgan fingerprint density at radius 3 is 2.88 bits per heavy atom. The highest BCUT2D eigenvalue weighted by Crippen LogP contribution is 2.16. The lowest BCUT2D eigenvalue weighted by molar-refractivity contribution is 0.557. The van der Waals surface area contributed by atoms with Crippen molar-refractivity contribution in [2.24, 2.45) is 0 Å². The molecule has 0 unspecified atom stereocenters. The second kappa shape index (κ2) is 3.94. The van der Waals surface area contributed by atoms with Gasteiger partial charge in [0.2, 0.25) is 0 Å². The largest absolute Gasteiger partial charge is 0.465 e. The SMILES string of the molecule is Cc1cccc2[nH]c(/C=C/c3ccco3)nc12. The molecule has 0 atom stereocenters. The number of aryl methyl sites for hydroxylation is 1. The summed E-state index contributed by atoms with van der Waals surface area (Å²) in [6.45, 7) is 2.06. The molecule has 0 saturated carbocycles. The molecule has 0 fully saturated rings. The van der Waals surface area contributed by atoms with Gasteiger partial charge in [-0.1, -0.05) is 12.1 Å². The molecule has 2 aromatic heterocycles. The number of benzene rings is 1. The molecule has 3 heteroatoms. The van der Waals surface area contributed by atoms with Crippen molar-refractivity contribution < 1.29 is 4.42 Å². The van der Waals surface area contributed by atoms with Crippen LogP contribution in [-0.4, -0.2) is 9.97 Å². The Kier molecular flexibility index (Phi) is 2.29. The van der Waals surface area contributed by atoms with Gasteiger partial charge in [0, 0.05) is 0 Å². The van der Waals surface area contributed by atoms with Crippen LogP contribution < -0.4 is 0 Å². The summed E-state index contributed by atoms with van der Waals surface area (Å²) in [5.41, 5.74) is 3.26. The lowest BCUT2D eigenvalue weighted by Crippen LogP contribution is -1.74. The zero-order valence-electron chi connectivity index (χ0n) is 9.47. The van der Waals surface area contributed by atoms with Crippen LogP contribution in [0, 0.1) is 6.92 Å². The summed E-state index contributed by atoms with van der Waals surface area (Å²) in [5.74, 6) is 1.66. The smallest absolute Gasteiger partial charge is 0.131 e. The van der Waals surface area contributed by atoms with Crippen molar-refractivity contribution in [2.75, 3.05) is 0 Å². The van der Waals surface area contributed by atoms with Crippen LogP contribution in [0.2, 0.25) is 0 Å². The maximum Gasteiger partial charge on any atom is 0.131 e.